The number of carboxylic acids is 1. The number of aromatic nitrogens is 2. The number of aryl methyl sites for hydroxylation is 1. The van der Waals surface area contributed by atoms with Gasteiger partial charge < -0.3 is 15.0 Å². The first-order valence-corrected chi connectivity index (χ1v) is 6.94. The zero-order valence-corrected chi connectivity index (χ0v) is 12.4. The molecular weight excluding hydrogens is 270 g/mol. The zero-order chi connectivity index (χ0) is 15.6. The van der Waals surface area contributed by atoms with Crippen LogP contribution in [0.2, 0.25) is 0 Å². The summed E-state index contributed by atoms with van der Waals surface area (Å²) in [5, 5.41) is 11.9. The molecule has 0 saturated heterocycles. The maximum absolute atomic E-state index is 12.0. The molecule has 0 fully saturated rings. The van der Waals surface area contributed by atoms with Crippen molar-refractivity contribution >= 4 is 22.9 Å². The molecule has 0 spiro atoms. The lowest BCUT2D eigenvalue weighted by Gasteiger charge is -2.11. The number of carbonyl (C=O) groups is 2. The van der Waals surface area contributed by atoms with Crippen LogP contribution in [0.1, 0.15) is 37.0 Å². The monoisotopic (exact) mass is 289 g/mol. The molecule has 0 bridgehead atoms. The fraction of sp³-hybridized carbons (Fsp3) is 0.400. The van der Waals surface area contributed by atoms with Crippen molar-refractivity contribution in [2.45, 2.75) is 39.8 Å². The van der Waals surface area contributed by atoms with Crippen LogP contribution in [0, 0.1) is 0 Å². The fourth-order valence-electron chi connectivity index (χ4n) is 2.26. The Morgan fingerprint density at radius 1 is 1.38 bits per heavy atom. The molecule has 21 heavy (non-hydrogen) atoms. The van der Waals surface area contributed by atoms with Gasteiger partial charge in [-0.15, -0.1) is 0 Å². The molecule has 0 aliphatic rings. The second-order valence-corrected chi connectivity index (χ2v) is 5.20. The quantitative estimate of drug-likeness (QED) is 0.879. The van der Waals surface area contributed by atoms with Crippen LogP contribution in [0.3, 0.4) is 0 Å². The number of benzene rings is 1. The van der Waals surface area contributed by atoms with Crippen LogP contribution in [-0.4, -0.2) is 32.6 Å². The summed E-state index contributed by atoms with van der Waals surface area (Å²) >= 11 is 0. The van der Waals surface area contributed by atoms with Crippen molar-refractivity contribution < 1.29 is 14.7 Å². The third kappa shape index (κ3) is 3.21. The Kier molecular flexibility index (Phi) is 4.26. The van der Waals surface area contributed by atoms with Crippen LogP contribution in [0.5, 0.6) is 0 Å². The predicted molar refractivity (Wildman–Crippen MR) is 79.3 cm³/mol. The summed E-state index contributed by atoms with van der Waals surface area (Å²) < 4.78 is 1.78. The van der Waals surface area contributed by atoms with Crippen molar-refractivity contribution in [3.8, 4) is 0 Å². The van der Waals surface area contributed by atoms with Gasteiger partial charge in [0.1, 0.15) is 12.4 Å². The molecule has 1 aromatic carbocycles. The Labute approximate surface area is 122 Å². The summed E-state index contributed by atoms with van der Waals surface area (Å²) in [4.78, 5) is 27.5. The van der Waals surface area contributed by atoms with Gasteiger partial charge in [0.2, 0.25) is 5.91 Å². The van der Waals surface area contributed by atoms with Crippen molar-refractivity contribution in [2.75, 3.05) is 0 Å². The predicted octanol–water partition coefficient (Wildman–Crippen LogP) is 1.82. The second kappa shape index (κ2) is 5.95. The molecule has 1 aromatic heterocycles. The third-order valence-electron chi connectivity index (χ3n) is 3.14. The van der Waals surface area contributed by atoms with E-state index in [-0.39, 0.29) is 24.1 Å². The first kappa shape index (κ1) is 15.0. The normalized spacial score (nSPS) is 11.0. The fourth-order valence-corrected chi connectivity index (χ4v) is 2.26. The molecule has 1 amide bonds. The van der Waals surface area contributed by atoms with E-state index in [2.05, 4.69) is 10.3 Å². The van der Waals surface area contributed by atoms with Crippen molar-refractivity contribution in [2.24, 2.45) is 0 Å². The number of imidazole rings is 1. The standard InChI is InChI=1S/C15H19N3O3/c1-4-13-17-11-6-5-10(15(20)21)7-12(11)18(13)8-14(19)16-9(2)3/h5-7,9H,4,8H2,1-3H3,(H,16,19)(H,20,21). The number of hydrogen-bond donors (Lipinski definition) is 2. The van der Waals surface area contributed by atoms with E-state index in [1.54, 1.807) is 16.7 Å². The number of nitrogens with one attached hydrogen (secondary N) is 1. The molecule has 0 aliphatic heterocycles. The highest BCUT2D eigenvalue weighted by Gasteiger charge is 2.15. The number of nitrogens with zero attached hydrogens (tertiary/aromatic N) is 2. The highest BCUT2D eigenvalue weighted by molar-refractivity contribution is 5.93. The summed E-state index contributed by atoms with van der Waals surface area (Å²) in [6, 6.07) is 4.82. The molecular formula is C15H19N3O3. The third-order valence-corrected chi connectivity index (χ3v) is 3.14. The van der Waals surface area contributed by atoms with Crippen LogP contribution in [0.25, 0.3) is 11.0 Å². The van der Waals surface area contributed by atoms with Crippen molar-refractivity contribution in [3.63, 3.8) is 0 Å². The number of hydrogen-bond acceptors (Lipinski definition) is 3. The number of carbonyl (C=O) groups excluding carboxylic acids is 1. The lowest BCUT2D eigenvalue weighted by molar-refractivity contribution is -0.122. The topological polar surface area (TPSA) is 84.2 Å². The van der Waals surface area contributed by atoms with E-state index in [9.17, 15) is 9.59 Å². The van der Waals surface area contributed by atoms with E-state index in [0.717, 1.165) is 5.82 Å². The van der Waals surface area contributed by atoms with Gasteiger partial charge in [0.15, 0.2) is 0 Å². The first-order valence-electron chi connectivity index (χ1n) is 6.94. The van der Waals surface area contributed by atoms with E-state index >= 15 is 0 Å². The smallest absolute Gasteiger partial charge is 0.335 e. The van der Waals surface area contributed by atoms with Gasteiger partial charge in [-0.3, -0.25) is 4.79 Å². The Morgan fingerprint density at radius 2 is 2.10 bits per heavy atom. The molecule has 2 aromatic rings. The molecule has 0 unspecified atom stereocenters. The summed E-state index contributed by atoms with van der Waals surface area (Å²) in [6.45, 7) is 5.89. The van der Waals surface area contributed by atoms with Crippen LogP contribution < -0.4 is 5.32 Å². The average Bonchev–Trinajstić information content (AvgIpc) is 2.75. The van der Waals surface area contributed by atoms with Crippen LogP contribution >= 0.6 is 0 Å². The van der Waals surface area contributed by atoms with Gasteiger partial charge in [0.25, 0.3) is 0 Å². The second-order valence-electron chi connectivity index (χ2n) is 5.20. The minimum atomic E-state index is -0.991. The summed E-state index contributed by atoms with van der Waals surface area (Å²) in [5.74, 6) is -0.333. The largest absolute Gasteiger partial charge is 0.478 e. The van der Waals surface area contributed by atoms with Gasteiger partial charge in [-0.2, -0.15) is 0 Å². The number of amides is 1. The molecule has 112 valence electrons. The molecule has 0 saturated carbocycles. The Balaban J connectivity index is 2.46. The number of carboxylic acid groups (broad SMARTS) is 1. The molecule has 0 radical (unpaired) electrons. The lowest BCUT2D eigenvalue weighted by Crippen LogP contribution is -2.33. The number of rotatable bonds is 5. The van der Waals surface area contributed by atoms with E-state index < -0.39 is 5.97 Å². The molecule has 2 rings (SSSR count). The Hall–Kier alpha value is -2.37. The van der Waals surface area contributed by atoms with Crippen LogP contribution in [0.4, 0.5) is 0 Å². The van der Waals surface area contributed by atoms with Gasteiger partial charge in [-0.05, 0) is 32.0 Å². The van der Waals surface area contributed by atoms with Crippen LogP contribution in [-0.2, 0) is 17.8 Å². The first-order chi connectivity index (χ1) is 9.92. The van der Waals surface area contributed by atoms with Gasteiger partial charge in [0.05, 0.1) is 16.6 Å². The summed E-state index contributed by atoms with van der Waals surface area (Å²) in [5.41, 5.74) is 1.57. The summed E-state index contributed by atoms with van der Waals surface area (Å²) in [7, 11) is 0. The van der Waals surface area contributed by atoms with Gasteiger partial charge in [0, 0.05) is 12.5 Å². The molecule has 6 heteroatoms. The lowest BCUT2D eigenvalue weighted by atomic mass is 10.2. The number of aromatic carboxylic acids is 1. The summed E-state index contributed by atoms with van der Waals surface area (Å²) in [6.07, 6.45) is 0.673. The van der Waals surface area contributed by atoms with Gasteiger partial charge in [-0.1, -0.05) is 6.92 Å². The maximum atomic E-state index is 12.0. The van der Waals surface area contributed by atoms with E-state index in [4.69, 9.17) is 5.11 Å². The maximum Gasteiger partial charge on any atom is 0.335 e. The minimum absolute atomic E-state index is 0.0620. The Morgan fingerprint density at radius 3 is 2.67 bits per heavy atom. The number of fused-ring (bicyclic) bond motifs is 1. The van der Waals surface area contributed by atoms with Crippen LogP contribution in [0.15, 0.2) is 18.2 Å². The van der Waals surface area contributed by atoms with Crippen molar-refractivity contribution in [3.05, 3.63) is 29.6 Å². The molecule has 2 N–H and O–H groups in total. The Bertz CT molecular complexity index is 689. The van der Waals surface area contributed by atoms with Gasteiger partial charge in [-0.25, -0.2) is 9.78 Å². The van der Waals surface area contributed by atoms with E-state index in [1.807, 2.05) is 20.8 Å². The molecule has 0 aliphatic carbocycles. The SMILES string of the molecule is CCc1nc2ccc(C(=O)O)cc2n1CC(=O)NC(C)C. The van der Waals surface area contributed by atoms with E-state index in [1.165, 1.54) is 6.07 Å². The van der Waals surface area contributed by atoms with Crippen molar-refractivity contribution in [1.82, 2.24) is 14.9 Å². The minimum Gasteiger partial charge on any atom is -0.478 e. The molecule has 6 nitrogen and oxygen atoms in total. The van der Waals surface area contributed by atoms with Gasteiger partial charge >= 0.3 is 5.97 Å². The van der Waals surface area contributed by atoms with Crippen molar-refractivity contribution in [1.29, 1.82) is 0 Å². The average molecular weight is 289 g/mol. The highest BCUT2D eigenvalue weighted by Crippen LogP contribution is 2.18. The highest BCUT2D eigenvalue weighted by atomic mass is 16.4. The zero-order valence-electron chi connectivity index (χ0n) is 12.4. The van der Waals surface area contributed by atoms with E-state index in [0.29, 0.717) is 17.5 Å². The molecule has 1 heterocycles. The molecule has 0 atom stereocenters.